The van der Waals surface area contributed by atoms with Gasteiger partial charge in [0.25, 0.3) is 11.8 Å². The van der Waals surface area contributed by atoms with Crippen molar-refractivity contribution in [3.63, 3.8) is 0 Å². The van der Waals surface area contributed by atoms with E-state index in [9.17, 15) is 14.4 Å². The fourth-order valence-electron chi connectivity index (χ4n) is 2.48. The maximum atomic E-state index is 12.1. The van der Waals surface area contributed by atoms with E-state index in [1.165, 1.54) is 24.3 Å². The van der Waals surface area contributed by atoms with Crippen LogP contribution in [0.15, 0.2) is 78.9 Å². The predicted octanol–water partition coefficient (Wildman–Crippen LogP) is 3.14. The van der Waals surface area contributed by atoms with E-state index < -0.39 is 24.4 Å². The number of benzene rings is 3. The fourth-order valence-corrected chi connectivity index (χ4v) is 2.48. The number of ether oxygens (including phenoxy) is 3. The molecule has 0 unspecified atom stereocenters. The van der Waals surface area contributed by atoms with Gasteiger partial charge >= 0.3 is 5.97 Å². The fraction of sp³-hybridized carbons (Fsp3) is 0.0870. The van der Waals surface area contributed by atoms with Gasteiger partial charge in [-0.25, -0.2) is 4.79 Å². The van der Waals surface area contributed by atoms with Crippen LogP contribution in [0.3, 0.4) is 0 Å². The van der Waals surface area contributed by atoms with Crippen molar-refractivity contribution < 1.29 is 28.6 Å². The van der Waals surface area contributed by atoms with E-state index in [-0.39, 0.29) is 12.2 Å². The van der Waals surface area contributed by atoms with Crippen LogP contribution < -0.4 is 20.5 Å². The van der Waals surface area contributed by atoms with Gasteiger partial charge in [-0.15, -0.1) is 0 Å². The molecule has 0 fully saturated rings. The van der Waals surface area contributed by atoms with E-state index >= 15 is 0 Å². The van der Waals surface area contributed by atoms with Crippen LogP contribution >= 0.6 is 0 Å². The number of nitrogens with two attached hydrogens (primary N) is 1. The average molecular weight is 420 g/mol. The molecule has 0 bridgehead atoms. The highest BCUT2D eigenvalue weighted by atomic mass is 16.5. The molecule has 0 spiro atoms. The van der Waals surface area contributed by atoms with E-state index in [1.807, 2.05) is 30.3 Å². The molecule has 3 N–H and O–H groups in total. The lowest BCUT2D eigenvalue weighted by Crippen LogP contribution is -2.21. The van der Waals surface area contributed by atoms with E-state index in [1.54, 1.807) is 24.3 Å². The first kappa shape index (κ1) is 21.4. The molecule has 2 amide bonds. The van der Waals surface area contributed by atoms with E-state index in [0.29, 0.717) is 22.9 Å². The lowest BCUT2D eigenvalue weighted by Gasteiger charge is -2.09. The summed E-state index contributed by atoms with van der Waals surface area (Å²) in [4.78, 5) is 34.8. The maximum Gasteiger partial charge on any atom is 0.338 e. The topological polar surface area (TPSA) is 117 Å². The number of carbonyl (C=O) groups is 3. The summed E-state index contributed by atoms with van der Waals surface area (Å²) in [5.41, 5.74) is 5.77. The van der Waals surface area contributed by atoms with Crippen LogP contribution in [0, 0.1) is 0 Å². The second kappa shape index (κ2) is 10.4. The van der Waals surface area contributed by atoms with Crippen LogP contribution in [0.25, 0.3) is 0 Å². The smallest absolute Gasteiger partial charge is 0.338 e. The zero-order valence-electron chi connectivity index (χ0n) is 16.4. The SMILES string of the molecule is NC(=O)COc1ccc(C(=O)OCC(=O)Nc2ccc(Oc3ccccc3)cc2)cc1. The van der Waals surface area contributed by atoms with Crippen molar-refractivity contribution in [1.82, 2.24) is 0 Å². The van der Waals surface area contributed by atoms with Crippen molar-refractivity contribution in [3.8, 4) is 17.2 Å². The van der Waals surface area contributed by atoms with Crippen LogP contribution in [0.1, 0.15) is 10.4 Å². The highest BCUT2D eigenvalue weighted by Crippen LogP contribution is 2.22. The third-order valence-corrected chi connectivity index (χ3v) is 3.92. The van der Waals surface area contributed by atoms with Gasteiger partial charge in [0, 0.05) is 5.69 Å². The van der Waals surface area contributed by atoms with Gasteiger partial charge in [0.1, 0.15) is 17.2 Å². The Labute approximate surface area is 178 Å². The molecule has 0 heterocycles. The van der Waals surface area contributed by atoms with E-state index in [0.717, 1.165) is 0 Å². The quantitative estimate of drug-likeness (QED) is 0.514. The number of hydrogen-bond acceptors (Lipinski definition) is 6. The Kier molecular flexibility index (Phi) is 7.21. The van der Waals surface area contributed by atoms with Gasteiger partial charge < -0.3 is 25.3 Å². The Bertz CT molecular complexity index is 1030. The summed E-state index contributed by atoms with van der Waals surface area (Å²) in [6, 6.07) is 22.0. The first-order valence-corrected chi connectivity index (χ1v) is 9.31. The number of rotatable bonds is 9. The van der Waals surface area contributed by atoms with Crippen LogP contribution in [0.4, 0.5) is 5.69 Å². The summed E-state index contributed by atoms with van der Waals surface area (Å²) in [6.45, 7) is -0.704. The van der Waals surface area contributed by atoms with Gasteiger partial charge in [-0.1, -0.05) is 18.2 Å². The number of primary amides is 1. The summed E-state index contributed by atoms with van der Waals surface area (Å²) in [6.07, 6.45) is 0. The number of esters is 1. The lowest BCUT2D eigenvalue weighted by molar-refractivity contribution is -0.120. The van der Waals surface area contributed by atoms with Crippen molar-refractivity contribution in [2.24, 2.45) is 5.73 Å². The first-order chi connectivity index (χ1) is 15.0. The number of carbonyl (C=O) groups excluding carboxylic acids is 3. The van der Waals surface area contributed by atoms with Crippen LogP contribution in [0.2, 0.25) is 0 Å². The third-order valence-electron chi connectivity index (χ3n) is 3.92. The third kappa shape index (κ3) is 6.90. The molecule has 8 nitrogen and oxygen atoms in total. The number of nitrogens with one attached hydrogen (secondary N) is 1. The van der Waals surface area contributed by atoms with Crippen molar-refractivity contribution in [2.45, 2.75) is 0 Å². The molecular weight excluding hydrogens is 400 g/mol. The summed E-state index contributed by atoms with van der Waals surface area (Å²) in [5.74, 6) is -0.0344. The Morgan fingerprint density at radius 3 is 2.00 bits per heavy atom. The highest BCUT2D eigenvalue weighted by Gasteiger charge is 2.11. The molecule has 8 heteroatoms. The predicted molar refractivity (Wildman–Crippen MR) is 113 cm³/mol. The minimum absolute atomic E-state index is 0.238. The van der Waals surface area contributed by atoms with Crippen LogP contribution in [0.5, 0.6) is 17.2 Å². The lowest BCUT2D eigenvalue weighted by atomic mass is 10.2. The molecule has 3 rings (SSSR count). The normalized spacial score (nSPS) is 10.1. The van der Waals surface area contributed by atoms with E-state index in [4.69, 9.17) is 19.9 Å². The van der Waals surface area contributed by atoms with Crippen LogP contribution in [-0.4, -0.2) is 31.0 Å². The zero-order chi connectivity index (χ0) is 22.1. The van der Waals surface area contributed by atoms with Gasteiger partial charge in [0.05, 0.1) is 5.56 Å². The minimum atomic E-state index is -0.664. The molecule has 0 aromatic heterocycles. The summed E-state index contributed by atoms with van der Waals surface area (Å²) in [7, 11) is 0. The van der Waals surface area contributed by atoms with Crippen molar-refractivity contribution in [1.29, 1.82) is 0 Å². The molecule has 3 aromatic carbocycles. The number of anilines is 1. The summed E-state index contributed by atoms with van der Waals surface area (Å²) < 4.78 is 15.8. The summed E-state index contributed by atoms with van der Waals surface area (Å²) >= 11 is 0. The van der Waals surface area contributed by atoms with Gasteiger partial charge in [-0.2, -0.15) is 0 Å². The molecule has 158 valence electrons. The van der Waals surface area contributed by atoms with Crippen LogP contribution in [-0.2, 0) is 14.3 Å². The average Bonchev–Trinajstić information content (AvgIpc) is 2.78. The molecule has 0 saturated carbocycles. The van der Waals surface area contributed by atoms with Crippen molar-refractivity contribution >= 4 is 23.5 Å². The van der Waals surface area contributed by atoms with Gasteiger partial charge in [-0.05, 0) is 60.7 Å². The molecule has 0 aliphatic heterocycles. The molecule has 0 aliphatic carbocycles. The van der Waals surface area contributed by atoms with Crippen molar-refractivity contribution in [3.05, 3.63) is 84.4 Å². The second-order valence-electron chi connectivity index (χ2n) is 6.34. The zero-order valence-corrected chi connectivity index (χ0v) is 16.4. The Hall–Kier alpha value is -4.33. The Morgan fingerprint density at radius 2 is 1.35 bits per heavy atom. The number of hydrogen-bond donors (Lipinski definition) is 2. The molecule has 0 atom stereocenters. The largest absolute Gasteiger partial charge is 0.484 e. The van der Waals surface area contributed by atoms with Gasteiger partial charge in [0.2, 0.25) is 0 Å². The second-order valence-corrected chi connectivity index (χ2v) is 6.34. The molecule has 3 aromatic rings. The first-order valence-electron chi connectivity index (χ1n) is 9.31. The standard InChI is InChI=1S/C23H20N2O6/c24-21(26)14-29-18-10-6-16(7-11-18)23(28)30-15-22(27)25-17-8-12-20(13-9-17)31-19-4-2-1-3-5-19/h1-13H,14-15H2,(H2,24,26)(H,25,27). The van der Waals surface area contributed by atoms with E-state index in [2.05, 4.69) is 5.32 Å². The minimum Gasteiger partial charge on any atom is -0.484 e. The molecule has 0 saturated heterocycles. The monoisotopic (exact) mass is 420 g/mol. The number of amides is 2. The molecular formula is C23H20N2O6. The van der Waals surface area contributed by atoms with Gasteiger partial charge in [-0.3, -0.25) is 9.59 Å². The Morgan fingerprint density at radius 1 is 0.742 bits per heavy atom. The van der Waals surface area contributed by atoms with Crippen molar-refractivity contribution in [2.75, 3.05) is 18.5 Å². The number of para-hydroxylation sites is 1. The molecule has 31 heavy (non-hydrogen) atoms. The van der Waals surface area contributed by atoms with Gasteiger partial charge in [0.15, 0.2) is 13.2 Å². The maximum absolute atomic E-state index is 12.1. The summed E-state index contributed by atoms with van der Waals surface area (Å²) in [5, 5.41) is 2.64. The molecule has 0 aliphatic rings. The Balaban J connectivity index is 1.45. The molecule has 0 radical (unpaired) electrons. The highest BCUT2D eigenvalue weighted by molar-refractivity contribution is 5.95.